The second-order valence-electron chi connectivity index (χ2n) is 10.1. The van der Waals surface area contributed by atoms with Crippen molar-refractivity contribution >= 4 is 11.9 Å². The molecular formula is C30H28F6N2O6. The summed E-state index contributed by atoms with van der Waals surface area (Å²) in [6, 6.07) is 12.2. The zero-order valence-corrected chi connectivity index (χ0v) is 23.9. The number of hydrogen-bond acceptors (Lipinski definition) is 6. The fourth-order valence-electron chi connectivity index (χ4n) is 5.00. The average molecular weight is 627 g/mol. The molecule has 1 fully saturated rings. The van der Waals surface area contributed by atoms with Crippen molar-refractivity contribution < 1.29 is 55.2 Å². The van der Waals surface area contributed by atoms with Crippen molar-refractivity contribution in [2.45, 2.75) is 50.3 Å². The van der Waals surface area contributed by atoms with E-state index in [4.69, 9.17) is 14.2 Å². The van der Waals surface area contributed by atoms with Gasteiger partial charge < -0.3 is 24.6 Å². The maximum absolute atomic E-state index is 13.7. The average Bonchev–Trinajstić information content (AvgIpc) is 3.21. The molecule has 3 aromatic carbocycles. The number of amides is 3. The smallest absolute Gasteiger partial charge is 0.430 e. The quantitative estimate of drug-likeness (QED) is 0.209. The normalized spacial score (nSPS) is 17.5. The largest absolute Gasteiger partial charge is 0.493 e. The first kappa shape index (κ1) is 32.5. The minimum atomic E-state index is -6.03. The van der Waals surface area contributed by atoms with E-state index in [1.54, 1.807) is 37.3 Å². The van der Waals surface area contributed by atoms with Crippen LogP contribution in [0.3, 0.4) is 0 Å². The molecule has 236 valence electrons. The van der Waals surface area contributed by atoms with Gasteiger partial charge in [0.25, 0.3) is 11.5 Å². The van der Waals surface area contributed by atoms with E-state index in [-0.39, 0.29) is 30.0 Å². The van der Waals surface area contributed by atoms with E-state index >= 15 is 0 Å². The number of nitrogens with zero attached hydrogens (tertiary/aromatic N) is 1. The van der Waals surface area contributed by atoms with Gasteiger partial charge in [-0.15, -0.1) is 0 Å². The summed E-state index contributed by atoms with van der Waals surface area (Å²) in [6.07, 6.45) is -11.8. The van der Waals surface area contributed by atoms with Crippen LogP contribution in [-0.2, 0) is 22.5 Å². The second-order valence-corrected chi connectivity index (χ2v) is 10.1. The van der Waals surface area contributed by atoms with Crippen LogP contribution in [0, 0.1) is 6.92 Å². The summed E-state index contributed by atoms with van der Waals surface area (Å²) in [7, 11) is 2.91. The Bertz CT molecular complexity index is 1560. The number of aliphatic hydroxyl groups is 1. The first-order chi connectivity index (χ1) is 20.5. The fraction of sp³-hybridized carbons (Fsp3) is 0.333. The first-order valence-electron chi connectivity index (χ1n) is 13.1. The van der Waals surface area contributed by atoms with E-state index in [1.807, 2.05) is 0 Å². The van der Waals surface area contributed by atoms with Crippen LogP contribution in [0.15, 0.2) is 60.7 Å². The number of alkyl halides is 6. The number of imide groups is 1. The van der Waals surface area contributed by atoms with Crippen LogP contribution in [0.25, 0.3) is 0 Å². The van der Waals surface area contributed by atoms with Crippen LogP contribution in [0.4, 0.5) is 31.1 Å². The van der Waals surface area contributed by atoms with Gasteiger partial charge in [0.05, 0.1) is 20.8 Å². The van der Waals surface area contributed by atoms with E-state index in [1.165, 1.54) is 33.3 Å². The summed E-state index contributed by atoms with van der Waals surface area (Å²) in [4.78, 5) is 27.7. The highest BCUT2D eigenvalue weighted by atomic mass is 19.4. The van der Waals surface area contributed by atoms with Crippen LogP contribution < -0.4 is 19.5 Å². The molecule has 0 aliphatic carbocycles. The van der Waals surface area contributed by atoms with Crippen LogP contribution in [0.1, 0.15) is 35.6 Å². The number of hydrogen-bond donors (Lipinski definition) is 2. The molecule has 44 heavy (non-hydrogen) atoms. The minimum absolute atomic E-state index is 0.0777. The van der Waals surface area contributed by atoms with Crippen LogP contribution in [0.5, 0.6) is 23.0 Å². The fourth-order valence-corrected chi connectivity index (χ4v) is 5.00. The molecule has 2 N–H and O–H groups in total. The Morgan fingerprint density at radius 2 is 1.50 bits per heavy atom. The van der Waals surface area contributed by atoms with E-state index in [2.05, 4.69) is 5.32 Å². The molecule has 1 heterocycles. The van der Waals surface area contributed by atoms with Gasteiger partial charge in [0, 0.05) is 5.56 Å². The van der Waals surface area contributed by atoms with Crippen molar-refractivity contribution in [3.63, 3.8) is 0 Å². The highest BCUT2D eigenvalue weighted by Crippen LogP contribution is 2.50. The van der Waals surface area contributed by atoms with Gasteiger partial charge in [-0.3, -0.25) is 9.69 Å². The molecule has 0 spiro atoms. The molecule has 3 aromatic rings. The Morgan fingerprint density at radius 3 is 2.07 bits per heavy atom. The van der Waals surface area contributed by atoms with Crippen molar-refractivity contribution in [2.75, 3.05) is 14.2 Å². The summed E-state index contributed by atoms with van der Waals surface area (Å²) in [6.45, 7) is 2.80. The van der Waals surface area contributed by atoms with Gasteiger partial charge >= 0.3 is 18.4 Å². The van der Waals surface area contributed by atoms with Gasteiger partial charge in [0.15, 0.2) is 11.5 Å². The van der Waals surface area contributed by atoms with Crippen molar-refractivity contribution in [1.29, 1.82) is 0 Å². The molecular weight excluding hydrogens is 598 g/mol. The summed E-state index contributed by atoms with van der Waals surface area (Å²) in [5.41, 5.74) is -7.05. The molecule has 1 aliphatic rings. The standard InChI is InChI=1S/C30H28F6N2O6/c1-5-27(19-9-12-23(42-3)24(15-19)43-4)25(39)38(26(40)37-27)16-18-7-6-8-21(14-18)44-22-11-10-20(13-17(22)2)28(41,29(31,32)33)30(34,35)36/h6-15,41H,5,16H2,1-4H3,(H,37,40). The molecule has 8 nitrogen and oxygen atoms in total. The first-order valence-corrected chi connectivity index (χ1v) is 13.1. The second kappa shape index (κ2) is 11.6. The van der Waals surface area contributed by atoms with Crippen LogP contribution >= 0.6 is 0 Å². The third-order valence-electron chi connectivity index (χ3n) is 7.46. The van der Waals surface area contributed by atoms with Gasteiger partial charge in [0.1, 0.15) is 17.0 Å². The Hall–Kier alpha value is -4.46. The lowest BCUT2D eigenvalue weighted by atomic mass is 9.87. The highest BCUT2D eigenvalue weighted by molar-refractivity contribution is 6.07. The molecule has 1 unspecified atom stereocenters. The number of methoxy groups -OCH3 is 2. The van der Waals surface area contributed by atoms with Gasteiger partial charge in [-0.05, 0) is 66.4 Å². The third-order valence-corrected chi connectivity index (χ3v) is 7.46. The zero-order chi connectivity index (χ0) is 32.7. The molecule has 0 bridgehead atoms. The summed E-state index contributed by atoms with van der Waals surface area (Å²) >= 11 is 0. The summed E-state index contributed by atoms with van der Waals surface area (Å²) < 4.78 is 96.1. The van der Waals surface area contributed by atoms with Crippen molar-refractivity contribution in [3.8, 4) is 23.0 Å². The highest BCUT2D eigenvalue weighted by Gasteiger charge is 2.71. The minimum Gasteiger partial charge on any atom is -0.493 e. The Morgan fingerprint density at radius 1 is 0.864 bits per heavy atom. The molecule has 1 atom stereocenters. The molecule has 3 amide bonds. The van der Waals surface area contributed by atoms with Crippen LogP contribution in [0.2, 0.25) is 0 Å². The van der Waals surface area contributed by atoms with Crippen molar-refractivity contribution in [2.24, 2.45) is 0 Å². The van der Waals surface area contributed by atoms with E-state index < -0.39 is 41.0 Å². The lowest BCUT2D eigenvalue weighted by Crippen LogP contribution is -2.53. The molecule has 1 saturated heterocycles. The van der Waals surface area contributed by atoms with E-state index in [0.29, 0.717) is 34.8 Å². The number of carbonyl (C=O) groups excluding carboxylic acids is 2. The maximum Gasteiger partial charge on any atom is 0.430 e. The number of rotatable bonds is 9. The number of carbonyl (C=O) groups is 2. The summed E-state index contributed by atoms with van der Waals surface area (Å²) in [5.74, 6) is 0.346. The predicted molar refractivity (Wildman–Crippen MR) is 144 cm³/mol. The molecule has 0 saturated carbocycles. The van der Waals surface area contributed by atoms with Crippen molar-refractivity contribution in [3.05, 3.63) is 82.9 Å². The number of halogens is 6. The Balaban J connectivity index is 1.57. The number of aryl methyl sites for hydroxylation is 1. The van der Waals surface area contributed by atoms with Gasteiger partial charge in [-0.25, -0.2) is 4.79 Å². The monoisotopic (exact) mass is 626 g/mol. The van der Waals surface area contributed by atoms with E-state index in [9.17, 15) is 41.0 Å². The van der Waals surface area contributed by atoms with Gasteiger partial charge in [-0.2, -0.15) is 26.3 Å². The molecule has 1 aliphatic heterocycles. The molecule has 0 radical (unpaired) electrons. The van der Waals surface area contributed by atoms with E-state index in [0.717, 1.165) is 11.0 Å². The van der Waals surface area contributed by atoms with Crippen molar-refractivity contribution in [1.82, 2.24) is 10.2 Å². The Kier molecular flexibility index (Phi) is 8.53. The SMILES string of the molecule is CCC1(c2ccc(OC)c(OC)c2)NC(=O)N(Cc2cccc(Oc3ccc(C(O)(C(F)(F)F)C(F)(F)F)cc3C)c2)C1=O. The number of urea groups is 1. The van der Waals surface area contributed by atoms with Gasteiger partial charge in [0.2, 0.25) is 0 Å². The summed E-state index contributed by atoms with van der Waals surface area (Å²) in [5, 5.41) is 12.5. The Labute approximate surface area is 248 Å². The molecule has 4 rings (SSSR count). The van der Waals surface area contributed by atoms with Crippen LogP contribution in [-0.4, -0.2) is 48.5 Å². The number of ether oxygens (including phenoxy) is 3. The number of nitrogens with one attached hydrogen (secondary N) is 1. The van der Waals surface area contributed by atoms with Gasteiger partial charge in [-0.1, -0.05) is 31.2 Å². The lowest BCUT2D eigenvalue weighted by Gasteiger charge is -2.33. The zero-order valence-electron chi connectivity index (χ0n) is 23.9. The predicted octanol–water partition coefficient (Wildman–Crippen LogP) is 6.47. The maximum atomic E-state index is 13.7. The number of benzene rings is 3. The molecule has 14 heteroatoms. The topological polar surface area (TPSA) is 97.3 Å². The lowest BCUT2D eigenvalue weighted by molar-refractivity contribution is -0.376. The third kappa shape index (κ3) is 5.49. The molecule has 0 aromatic heterocycles.